The number of benzene rings is 2. The molecule has 1 unspecified atom stereocenters. The van der Waals surface area contributed by atoms with Crippen LogP contribution in [0.25, 0.3) is 10.8 Å². The predicted octanol–water partition coefficient (Wildman–Crippen LogP) is 4.19. The summed E-state index contributed by atoms with van der Waals surface area (Å²) in [7, 11) is 0. The van der Waals surface area contributed by atoms with Crippen LogP contribution in [0, 0.1) is 5.92 Å². The normalized spacial score (nSPS) is 22.8. The lowest BCUT2D eigenvalue weighted by molar-refractivity contribution is 0.0647. The molecule has 0 N–H and O–H groups in total. The van der Waals surface area contributed by atoms with Crippen molar-refractivity contribution in [2.75, 3.05) is 0 Å². The van der Waals surface area contributed by atoms with Gasteiger partial charge < -0.3 is 4.74 Å². The van der Waals surface area contributed by atoms with E-state index >= 15 is 0 Å². The summed E-state index contributed by atoms with van der Waals surface area (Å²) in [4.78, 5) is 0. The Labute approximate surface area is 102 Å². The first-order chi connectivity index (χ1) is 8.10. The minimum atomic E-state index is -0.0491. The molecule has 2 aromatic carbocycles. The van der Waals surface area contributed by atoms with Crippen LogP contribution in [0.2, 0.25) is 0 Å². The van der Waals surface area contributed by atoms with Crippen molar-refractivity contribution in [3.05, 3.63) is 42.0 Å². The van der Waals surface area contributed by atoms with Crippen LogP contribution >= 0.6 is 0 Å². The molecule has 1 nitrogen and oxygen atoms in total. The van der Waals surface area contributed by atoms with Gasteiger partial charge in [-0.2, -0.15) is 0 Å². The van der Waals surface area contributed by atoms with E-state index in [0.717, 1.165) is 12.2 Å². The second kappa shape index (κ2) is 3.49. The molecule has 0 aliphatic carbocycles. The summed E-state index contributed by atoms with van der Waals surface area (Å²) < 4.78 is 6.16. The molecule has 0 radical (unpaired) electrons. The highest BCUT2D eigenvalue weighted by Crippen LogP contribution is 2.42. The van der Waals surface area contributed by atoms with E-state index in [1.165, 1.54) is 16.3 Å². The molecule has 0 saturated heterocycles. The van der Waals surface area contributed by atoms with Gasteiger partial charge in [-0.05, 0) is 29.7 Å². The number of hydrogen-bond acceptors (Lipinski definition) is 1. The Morgan fingerprint density at radius 3 is 2.65 bits per heavy atom. The summed E-state index contributed by atoms with van der Waals surface area (Å²) in [6.45, 7) is 6.68. The van der Waals surface area contributed by atoms with E-state index in [1.807, 2.05) is 0 Å². The van der Waals surface area contributed by atoms with Crippen LogP contribution in [0.15, 0.2) is 36.4 Å². The van der Waals surface area contributed by atoms with Crippen molar-refractivity contribution in [2.45, 2.75) is 32.8 Å². The Morgan fingerprint density at radius 2 is 1.88 bits per heavy atom. The third-order valence-electron chi connectivity index (χ3n) is 4.09. The predicted molar refractivity (Wildman–Crippen MR) is 71.5 cm³/mol. The van der Waals surface area contributed by atoms with E-state index in [4.69, 9.17) is 4.74 Å². The highest BCUT2D eigenvalue weighted by Gasteiger charge is 2.38. The quantitative estimate of drug-likeness (QED) is 0.708. The van der Waals surface area contributed by atoms with Gasteiger partial charge >= 0.3 is 0 Å². The largest absolute Gasteiger partial charge is 0.487 e. The van der Waals surface area contributed by atoms with Crippen molar-refractivity contribution in [3.8, 4) is 5.75 Å². The van der Waals surface area contributed by atoms with E-state index < -0.39 is 0 Å². The first kappa shape index (κ1) is 10.6. The summed E-state index contributed by atoms with van der Waals surface area (Å²) in [6.07, 6.45) is 1.02. The maximum atomic E-state index is 6.16. The van der Waals surface area contributed by atoms with E-state index in [-0.39, 0.29) is 5.60 Å². The zero-order chi connectivity index (χ0) is 12.0. The maximum absolute atomic E-state index is 6.16. The SMILES string of the molecule is CC(C)C1(C)Cc2c(ccc3ccccc23)O1. The van der Waals surface area contributed by atoms with Gasteiger partial charge in [0.25, 0.3) is 0 Å². The average Bonchev–Trinajstić information content (AvgIpc) is 2.67. The maximum Gasteiger partial charge on any atom is 0.124 e. The van der Waals surface area contributed by atoms with Gasteiger partial charge in [0.2, 0.25) is 0 Å². The highest BCUT2D eigenvalue weighted by atomic mass is 16.5. The first-order valence-corrected chi connectivity index (χ1v) is 6.30. The molecule has 1 heteroatoms. The smallest absolute Gasteiger partial charge is 0.124 e. The molecule has 1 atom stereocenters. The zero-order valence-electron chi connectivity index (χ0n) is 10.7. The lowest BCUT2D eigenvalue weighted by Crippen LogP contribution is -2.36. The van der Waals surface area contributed by atoms with Crippen LogP contribution in [0.4, 0.5) is 0 Å². The van der Waals surface area contributed by atoms with Crippen molar-refractivity contribution in [3.63, 3.8) is 0 Å². The third kappa shape index (κ3) is 1.53. The summed E-state index contributed by atoms with van der Waals surface area (Å²) in [5.41, 5.74) is 1.33. The molecule has 0 aromatic heterocycles. The molecular formula is C16H18O. The average molecular weight is 226 g/mol. The molecule has 17 heavy (non-hydrogen) atoms. The fraction of sp³-hybridized carbons (Fsp3) is 0.375. The molecule has 88 valence electrons. The monoisotopic (exact) mass is 226 g/mol. The van der Waals surface area contributed by atoms with Crippen LogP contribution in [0.3, 0.4) is 0 Å². The van der Waals surface area contributed by atoms with Gasteiger partial charge in [0.1, 0.15) is 11.4 Å². The molecule has 0 fully saturated rings. The molecule has 2 aromatic rings. The van der Waals surface area contributed by atoms with Crippen molar-refractivity contribution < 1.29 is 4.74 Å². The van der Waals surface area contributed by atoms with Crippen LogP contribution in [0.5, 0.6) is 5.75 Å². The fourth-order valence-corrected chi connectivity index (χ4v) is 2.55. The standard InChI is InChI=1S/C16H18O/c1-11(2)16(3)10-14-13-7-5-4-6-12(13)8-9-15(14)17-16/h4-9,11H,10H2,1-3H3. The van der Waals surface area contributed by atoms with Gasteiger partial charge in [0.15, 0.2) is 0 Å². The lowest BCUT2D eigenvalue weighted by Gasteiger charge is -2.28. The van der Waals surface area contributed by atoms with Crippen molar-refractivity contribution >= 4 is 10.8 Å². The first-order valence-electron chi connectivity index (χ1n) is 6.30. The minimum absolute atomic E-state index is 0.0491. The summed E-state index contributed by atoms with van der Waals surface area (Å²) >= 11 is 0. The Balaban J connectivity index is 2.17. The summed E-state index contributed by atoms with van der Waals surface area (Å²) in [6, 6.07) is 12.8. The molecule has 0 spiro atoms. The number of rotatable bonds is 1. The van der Waals surface area contributed by atoms with Crippen LogP contribution in [-0.2, 0) is 6.42 Å². The van der Waals surface area contributed by atoms with E-state index in [1.54, 1.807) is 0 Å². The third-order valence-corrected chi connectivity index (χ3v) is 4.09. The molecule has 1 aliphatic rings. The van der Waals surface area contributed by atoms with E-state index in [9.17, 15) is 0 Å². The molecule has 1 aliphatic heterocycles. The lowest BCUT2D eigenvalue weighted by atomic mass is 9.87. The Morgan fingerprint density at radius 1 is 1.12 bits per heavy atom. The van der Waals surface area contributed by atoms with Crippen molar-refractivity contribution in [2.24, 2.45) is 5.92 Å². The zero-order valence-corrected chi connectivity index (χ0v) is 10.7. The van der Waals surface area contributed by atoms with Gasteiger partial charge in [-0.1, -0.05) is 44.2 Å². The van der Waals surface area contributed by atoms with Crippen LogP contribution in [0.1, 0.15) is 26.3 Å². The van der Waals surface area contributed by atoms with E-state index in [0.29, 0.717) is 5.92 Å². The molecule has 0 amide bonds. The molecule has 1 heterocycles. The second-order valence-electron chi connectivity index (χ2n) is 5.51. The van der Waals surface area contributed by atoms with Gasteiger partial charge in [0.05, 0.1) is 0 Å². The Hall–Kier alpha value is -1.50. The van der Waals surface area contributed by atoms with Crippen LogP contribution in [-0.4, -0.2) is 5.60 Å². The second-order valence-corrected chi connectivity index (χ2v) is 5.51. The van der Waals surface area contributed by atoms with Gasteiger partial charge in [-0.25, -0.2) is 0 Å². The summed E-state index contributed by atoms with van der Waals surface area (Å²) in [5, 5.41) is 2.65. The summed E-state index contributed by atoms with van der Waals surface area (Å²) in [5.74, 6) is 1.59. The molecule has 3 rings (SSSR count). The van der Waals surface area contributed by atoms with Crippen molar-refractivity contribution in [1.82, 2.24) is 0 Å². The van der Waals surface area contributed by atoms with Gasteiger partial charge in [-0.3, -0.25) is 0 Å². The van der Waals surface area contributed by atoms with Crippen LogP contribution < -0.4 is 4.74 Å². The molecular weight excluding hydrogens is 208 g/mol. The number of ether oxygens (including phenoxy) is 1. The molecule has 0 bridgehead atoms. The van der Waals surface area contributed by atoms with E-state index in [2.05, 4.69) is 57.2 Å². The molecule has 0 saturated carbocycles. The Kier molecular flexibility index (Phi) is 2.19. The minimum Gasteiger partial charge on any atom is -0.487 e. The Bertz CT molecular complexity index is 571. The van der Waals surface area contributed by atoms with Gasteiger partial charge in [-0.15, -0.1) is 0 Å². The van der Waals surface area contributed by atoms with Crippen molar-refractivity contribution in [1.29, 1.82) is 0 Å². The fourth-order valence-electron chi connectivity index (χ4n) is 2.55. The van der Waals surface area contributed by atoms with Gasteiger partial charge in [0, 0.05) is 12.0 Å². The number of hydrogen-bond donors (Lipinski definition) is 0. The highest BCUT2D eigenvalue weighted by molar-refractivity contribution is 5.88. The number of fused-ring (bicyclic) bond motifs is 3. The topological polar surface area (TPSA) is 9.23 Å².